The number of aromatic nitrogens is 3. The lowest BCUT2D eigenvalue weighted by molar-refractivity contribution is 0.102. The number of halogens is 1. The van der Waals surface area contributed by atoms with Crippen molar-refractivity contribution in [1.29, 1.82) is 0 Å². The first kappa shape index (κ1) is 20.3. The number of anilines is 2. The van der Waals surface area contributed by atoms with Gasteiger partial charge in [0.05, 0.1) is 5.69 Å². The molecule has 2 N–H and O–H groups in total. The number of piperidine rings is 1. The molecule has 0 atom stereocenters. The second kappa shape index (κ2) is 8.70. The lowest BCUT2D eigenvalue weighted by atomic mass is 9.98. The van der Waals surface area contributed by atoms with E-state index in [0.29, 0.717) is 17.4 Å². The highest BCUT2D eigenvalue weighted by molar-refractivity contribution is 6.03. The molecule has 150 valence electrons. The van der Waals surface area contributed by atoms with Gasteiger partial charge in [0, 0.05) is 37.2 Å². The molecule has 9 heteroatoms. The number of nitrogens with zero attached hydrogens (tertiary/aromatic N) is 5. The Morgan fingerprint density at radius 3 is 2.57 bits per heavy atom. The number of benzene rings is 1. The van der Waals surface area contributed by atoms with Crippen molar-refractivity contribution in [2.75, 3.05) is 30.0 Å². The van der Waals surface area contributed by atoms with E-state index in [2.05, 4.69) is 25.8 Å². The van der Waals surface area contributed by atoms with E-state index in [1.807, 2.05) is 43.2 Å². The van der Waals surface area contributed by atoms with Gasteiger partial charge >= 0.3 is 0 Å². The van der Waals surface area contributed by atoms with E-state index in [1.54, 1.807) is 4.68 Å². The van der Waals surface area contributed by atoms with Crippen LogP contribution in [0.5, 0.6) is 0 Å². The molecule has 1 aromatic carbocycles. The maximum absolute atomic E-state index is 12.6. The first-order valence-electron chi connectivity index (χ1n) is 9.45. The molecular weight excluding hydrogens is 378 g/mol. The number of hydrogen-bond donors (Lipinski definition) is 2. The SMILES string of the molecule is CC1=NN(c2ccc(C(=O)Nc3nc(C4CCNCC4)nn3C)cc2)CC1.Cl. The van der Waals surface area contributed by atoms with Gasteiger partial charge in [-0.25, -0.2) is 4.68 Å². The standard InChI is InChI=1S/C19H25N7O.ClH/c1-13-9-12-26(23-13)16-5-3-15(4-6-16)18(27)22-19-21-17(24-25(19)2)14-7-10-20-11-8-14;/h3-6,14,20H,7-12H2,1-2H3,(H,21,22,24,27);1H. The van der Waals surface area contributed by atoms with Crippen molar-refractivity contribution in [3.05, 3.63) is 35.7 Å². The highest BCUT2D eigenvalue weighted by atomic mass is 35.5. The van der Waals surface area contributed by atoms with E-state index in [9.17, 15) is 4.79 Å². The maximum Gasteiger partial charge on any atom is 0.258 e. The fourth-order valence-corrected chi connectivity index (χ4v) is 3.49. The number of carbonyl (C=O) groups is 1. The summed E-state index contributed by atoms with van der Waals surface area (Å²) in [5, 5.41) is 17.2. The van der Waals surface area contributed by atoms with Crippen molar-refractivity contribution in [3.8, 4) is 0 Å². The minimum absolute atomic E-state index is 0. The summed E-state index contributed by atoms with van der Waals surface area (Å²) in [6, 6.07) is 7.48. The number of aryl methyl sites for hydroxylation is 1. The van der Waals surface area contributed by atoms with Crippen LogP contribution in [0.4, 0.5) is 11.6 Å². The van der Waals surface area contributed by atoms with Crippen LogP contribution >= 0.6 is 12.4 Å². The third kappa shape index (κ3) is 4.34. The molecule has 8 nitrogen and oxygen atoms in total. The van der Waals surface area contributed by atoms with Crippen LogP contribution in [0, 0.1) is 0 Å². The number of hydrazone groups is 1. The highest BCUT2D eigenvalue weighted by Gasteiger charge is 2.21. The minimum Gasteiger partial charge on any atom is -0.317 e. The van der Waals surface area contributed by atoms with Crippen LogP contribution in [0.2, 0.25) is 0 Å². The van der Waals surface area contributed by atoms with Gasteiger partial charge < -0.3 is 5.32 Å². The van der Waals surface area contributed by atoms with Gasteiger partial charge in [0.25, 0.3) is 5.91 Å². The molecule has 0 unspecified atom stereocenters. The monoisotopic (exact) mass is 403 g/mol. The van der Waals surface area contributed by atoms with E-state index in [4.69, 9.17) is 0 Å². The second-order valence-electron chi connectivity index (χ2n) is 7.15. The zero-order valence-electron chi connectivity index (χ0n) is 16.2. The Balaban J connectivity index is 0.00000225. The zero-order valence-corrected chi connectivity index (χ0v) is 17.0. The Kier molecular flexibility index (Phi) is 6.31. The summed E-state index contributed by atoms with van der Waals surface area (Å²) in [5.41, 5.74) is 2.71. The Morgan fingerprint density at radius 2 is 1.93 bits per heavy atom. The van der Waals surface area contributed by atoms with Crippen molar-refractivity contribution in [3.63, 3.8) is 0 Å². The second-order valence-corrected chi connectivity index (χ2v) is 7.15. The maximum atomic E-state index is 12.6. The average molecular weight is 404 g/mol. The van der Waals surface area contributed by atoms with Crippen LogP contribution in [0.3, 0.4) is 0 Å². The lowest BCUT2D eigenvalue weighted by Gasteiger charge is -2.19. The normalized spacial score (nSPS) is 17.2. The Morgan fingerprint density at radius 1 is 1.21 bits per heavy atom. The van der Waals surface area contributed by atoms with Crippen molar-refractivity contribution < 1.29 is 4.79 Å². The van der Waals surface area contributed by atoms with Gasteiger partial charge in [-0.15, -0.1) is 12.4 Å². The van der Waals surface area contributed by atoms with E-state index in [0.717, 1.165) is 56.1 Å². The quantitative estimate of drug-likeness (QED) is 0.819. The fourth-order valence-electron chi connectivity index (χ4n) is 3.49. The molecule has 28 heavy (non-hydrogen) atoms. The number of hydrogen-bond acceptors (Lipinski definition) is 6. The molecule has 0 bridgehead atoms. The van der Waals surface area contributed by atoms with Crippen molar-refractivity contribution >= 4 is 35.7 Å². The average Bonchev–Trinajstić information content (AvgIpc) is 3.29. The van der Waals surface area contributed by atoms with Gasteiger partial charge in [-0.1, -0.05) is 0 Å². The number of rotatable bonds is 4. The molecule has 2 aromatic rings. The van der Waals surface area contributed by atoms with Crippen LogP contribution in [0.15, 0.2) is 29.4 Å². The van der Waals surface area contributed by atoms with Gasteiger partial charge in [0.2, 0.25) is 5.95 Å². The Hall–Kier alpha value is -2.45. The predicted octanol–water partition coefficient (Wildman–Crippen LogP) is 2.54. The third-order valence-electron chi connectivity index (χ3n) is 5.11. The first-order chi connectivity index (χ1) is 13.1. The third-order valence-corrected chi connectivity index (χ3v) is 5.11. The van der Waals surface area contributed by atoms with Gasteiger partial charge in [-0.3, -0.25) is 15.1 Å². The molecule has 1 aromatic heterocycles. The molecule has 0 saturated carbocycles. The van der Waals surface area contributed by atoms with Gasteiger partial charge in [-0.2, -0.15) is 15.2 Å². The van der Waals surface area contributed by atoms with E-state index in [-0.39, 0.29) is 18.3 Å². The van der Waals surface area contributed by atoms with Crippen molar-refractivity contribution in [2.24, 2.45) is 12.1 Å². The van der Waals surface area contributed by atoms with Crippen LogP contribution < -0.4 is 15.6 Å². The number of nitrogens with one attached hydrogen (secondary N) is 2. The van der Waals surface area contributed by atoms with Gasteiger partial charge in [0.1, 0.15) is 0 Å². The molecule has 1 fully saturated rings. The van der Waals surface area contributed by atoms with E-state index in [1.165, 1.54) is 0 Å². The summed E-state index contributed by atoms with van der Waals surface area (Å²) in [4.78, 5) is 17.1. The lowest BCUT2D eigenvalue weighted by Crippen LogP contribution is -2.27. The smallest absolute Gasteiger partial charge is 0.258 e. The minimum atomic E-state index is -0.185. The zero-order chi connectivity index (χ0) is 18.8. The summed E-state index contributed by atoms with van der Waals surface area (Å²) in [6.45, 7) is 4.88. The summed E-state index contributed by atoms with van der Waals surface area (Å²) in [7, 11) is 1.81. The van der Waals surface area contributed by atoms with Crippen LogP contribution in [-0.4, -0.2) is 46.0 Å². The first-order valence-corrected chi connectivity index (χ1v) is 9.45. The Labute approximate surface area is 170 Å². The molecule has 0 spiro atoms. The van der Waals surface area contributed by atoms with E-state index >= 15 is 0 Å². The molecule has 2 aliphatic rings. The van der Waals surface area contributed by atoms with Crippen molar-refractivity contribution in [1.82, 2.24) is 20.1 Å². The molecule has 0 radical (unpaired) electrons. The van der Waals surface area contributed by atoms with Gasteiger partial charge in [0.15, 0.2) is 5.82 Å². The largest absolute Gasteiger partial charge is 0.317 e. The molecule has 0 aliphatic carbocycles. The summed E-state index contributed by atoms with van der Waals surface area (Å²) >= 11 is 0. The van der Waals surface area contributed by atoms with Crippen LogP contribution in [0.1, 0.15) is 48.3 Å². The van der Waals surface area contributed by atoms with Crippen LogP contribution in [0.25, 0.3) is 0 Å². The summed E-state index contributed by atoms with van der Waals surface area (Å²) in [6.07, 6.45) is 3.03. The molecular formula is C19H26ClN7O. The van der Waals surface area contributed by atoms with Gasteiger partial charge in [-0.05, 0) is 57.1 Å². The molecule has 1 amide bonds. The molecule has 4 rings (SSSR count). The predicted molar refractivity (Wildman–Crippen MR) is 113 cm³/mol. The number of amides is 1. The highest BCUT2D eigenvalue weighted by Crippen LogP contribution is 2.24. The topological polar surface area (TPSA) is 87.4 Å². The molecule has 2 aliphatic heterocycles. The Bertz CT molecular complexity index is 856. The fraction of sp³-hybridized carbons (Fsp3) is 0.474. The van der Waals surface area contributed by atoms with Crippen LogP contribution in [-0.2, 0) is 7.05 Å². The molecule has 3 heterocycles. The summed E-state index contributed by atoms with van der Waals surface area (Å²) in [5.74, 6) is 1.46. The molecule has 1 saturated heterocycles. The number of carbonyl (C=O) groups excluding carboxylic acids is 1. The summed E-state index contributed by atoms with van der Waals surface area (Å²) < 4.78 is 1.64. The van der Waals surface area contributed by atoms with Crippen molar-refractivity contribution in [2.45, 2.75) is 32.1 Å². The van der Waals surface area contributed by atoms with E-state index < -0.39 is 0 Å².